The van der Waals surface area contributed by atoms with Gasteiger partial charge < -0.3 is 9.88 Å². The van der Waals surface area contributed by atoms with Crippen LogP contribution in [0.3, 0.4) is 0 Å². The number of aryl methyl sites for hydroxylation is 1. The summed E-state index contributed by atoms with van der Waals surface area (Å²) in [6.07, 6.45) is 13.2. The van der Waals surface area contributed by atoms with E-state index in [1.165, 1.54) is 18.5 Å². The molecule has 0 aliphatic carbocycles. The first-order valence-corrected chi connectivity index (χ1v) is 9.51. The van der Waals surface area contributed by atoms with Gasteiger partial charge in [0.1, 0.15) is 5.82 Å². The quantitative estimate of drug-likeness (QED) is 0.752. The molecule has 138 valence electrons. The van der Waals surface area contributed by atoms with E-state index < -0.39 is 5.66 Å². The molecule has 0 saturated carbocycles. The van der Waals surface area contributed by atoms with Crippen molar-refractivity contribution in [1.82, 2.24) is 9.55 Å². The average Bonchev–Trinajstić information content (AvgIpc) is 3.35. The molecule has 1 amide bonds. The van der Waals surface area contributed by atoms with Gasteiger partial charge in [-0.3, -0.25) is 4.79 Å². The second kappa shape index (κ2) is 7.36. The van der Waals surface area contributed by atoms with E-state index in [4.69, 9.17) is 6.42 Å². The van der Waals surface area contributed by atoms with Crippen molar-refractivity contribution in [2.45, 2.75) is 57.2 Å². The van der Waals surface area contributed by atoms with Gasteiger partial charge in [-0.1, -0.05) is 0 Å². The molecule has 6 nitrogen and oxygen atoms in total. The Bertz CT molecular complexity index is 898. The number of aromatic nitrogens is 2. The Labute approximate surface area is 159 Å². The minimum absolute atomic E-state index is 0.0293. The van der Waals surface area contributed by atoms with E-state index in [1.54, 1.807) is 0 Å². The van der Waals surface area contributed by atoms with Gasteiger partial charge >= 0.3 is 0 Å². The van der Waals surface area contributed by atoms with Gasteiger partial charge in [0.2, 0.25) is 5.91 Å². The van der Waals surface area contributed by atoms with Gasteiger partial charge in [-0.05, 0) is 43.5 Å². The third kappa shape index (κ3) is 3.92. The Hall–Kier alpha value is -2.94. The first-order valence-electron chi connectivity index (χ1n) is 9.51. The summed E-state index contributed by atoms with van der Waals surface area (Å²) in [5.74, 6) is 3.58. The van der Waals surface area contributed by atoms with Crippen LogP contribution < -0.4 is 5.32 Å². The second-order valence-electron chi connectivity index (χ2n) is 7.19. The molecule has 6 heteroatoms. The van der Waals surface area contributed by atoms with Crippen LogP contribution in [0.2, 0.25) is 0 Å². The number of nitrogens with one attached hydrogen (secondary N) is 1. The van der Waals surface area contributed by atoms with Crippen LogP contribution in [0.4, 0.5) is 5.69 Å². The molecule has 0 unspecified atom stereocenters. The summed E-state index contributed by atoms with van der Waals surface area (Å²) < 4.78 is 2.30. The lowest BCUT2D eigenvalue weighted by molar-refractivity contribution is -0.116. The van der Waals surface area contributed by atoms with Crippen molar-refractivity contribution in [3.8, 4) is 23.7 Å². The van der Waals surface area contributed by atoms with Gasteiger partial charge in [0, 0.05) is 55.4 Å². The van der Waals surface area contributed by atoms with E-state index in [0.29, 0.717) is 19.3 Å². The van der Waals surface area contributed by atoms with E-state index in [2.05, 4.69) is 31.0 Å². The van der Waals surface area contributed by atoms with Crippen LogP contribution in [-0.4, -0.2) is 21.1 Å². The lowest BCUT2D eigenvalue weighted by Crippen LogP contribution is -2.17. The predicted octanol–water partition coefficient (Wildman–Crippen LogP) is 4.18. The van der Waals surface area contributed by atoms with Crippen LogP contribution in [0.15, 0.2) is 40.7 Å². The van der Waals surface area contributed by atoms with Crippen LogP contribution in [0.5, 0.6) is 0 Å². The highest BCUT2D eigenvalue weighted by Gasteiger charge is 2.39. The number of nitrogens with zero attached hydrogens (tertiary/aromatic N) is 4. The number of carbonyl (C=O) groups excluding carboxylic acids is 1. The van der Waals surface area contributed by atoms with E-state index >= 15 is 0 Å². The summed E-state index contributed by atoms with van der Waals surface area (Å²) in [6.45, 7) is 1.03. The smallest absolute Gasteiger partial charge is 0.224 e. The molecule has 0 atom stereocenters. The van der Waals surface area contributed by atoms with Gasteiger partial charge in [0.15, 0.2) is 5.66 Å². The van der Waals surface area contributed by atoms with Crippen LogP contribution in [0.25, 0.3) is 11.4 Å². The molecule has 0 spiro atoms. The molecule has 0 fully saturated rings. The van der Waals surface area contributed by atoms with E-state index in [9.17, 15) is 4.79 Å². The third-order valence-electron chi connectivity index (χ3n) is 5.23. The Morgan fingerprint density at radius 2 is 2.04 bits per heavy atom. The number of hydrogen-bond acceptors (Lipinski definition) is 4. The number of amides is 1. The summed E-state index contributed by atoms with van der Waals surface area (Å²) in [5.41, 5.74) is 2.76. The van der Waals surface area contributed by atoms with Gasteiger partial charge in [0.05, 0.1) is 0 Å². The fourth-order valence-corrected chi connectivity index (χ4v) is 3.57. The van der Waals surface area contributed by atoms with E-state index in [1.807, 2.05) is 30.5 Å². The molecule has 1 N–H and O–H groups in total. The number of benzene rings is 1. The highest BCUT2D eigenvalue weighted by Crippen LogP contribution is 2.37. The molecule has 0 radical (unpaired) electrons. The molecule has 2 aromatic rings. The fourth-order valence-electron chi connectivity index (χ4n) is 3.57. The van der Waals surface area contributed by atoms with Gasteiger partial charge in [-0.25, -0.2) is 4.98 Å². The molecule has 1 aromatic heterocycles. The number of imidazole rings is 1. The normalized spacial score (nSPS) is 16.4. The summed E-state index contributed by atoms with van der Waals surface area (Å²) in [7, 11) is 0. The number of anilines is 1. The maximum absolute atomic E-state index is 12.2. The van der Waals surface area contributed by atoms with E-state index in [0.717, 1.165) is 36.5 Å². The molecule has 0 bridgehead atoms. The highest BCUT2D eigenvalue weighted by atomic mass is 16.1. The molecule has 27 heavy (non-hydrogen) atoms. The van der Waals surface area contributed by atoms with Gasteiger partial charge in [0.25, 0.3) is 0 Å². The molecule has 2 aliphatic heterocycles. The summed E-state index contributed by atoms with van der Waals surface area (Å²) in [5, 5.41) is 11.1. The molecule has 1 aromatic carbocycles. The van der Waals surface area contributed by atoms with Crippen molar-refractivity contribution < 1.29 is 4.79 Å². The molecular formula is C21H23N5O. The van der Waals surface area contributed by atoms with Crippen molar-refractivity contribution in [3.63, 3.8) is 0 Å². The number of rotatable bonds is 7. The van der Waals surface area contributed by atoms with Crippen LogP contribution in [0.1, 0.15) is 44.2 Å². The van der Waals surface area contributed by atoms with Crippen LogP contribution >= 0.6 is 0 Å². The maximum atomic E-state index is 12.2. The first-order chi connectivity index (χ1) is 13.2. The molecule has 4 rings (SSSR count). The highest BCUT2D eigenvalue weighted by molar-refractivity contribution is 5.91. The molecule has 0 saturated heterocycles. The van der Waals surface area contributed by atoms with E-state index in [-0.39, 0.29) is 5.91 Å². The summed E-state index contributed by atoms with van der Waals surface area (Å²) in [4.78, 5) is 16.8. The minimum Gasteiger partial charge on any atom is -0.328 e. The first kappa shape index (κ1) is 17.5. The molecule has 2 aliphatic rings. The Morgan fingerprint density at radius 1 is 1.22 bits per heavy atom. The monoisotopic (exact) mass is 361 g/mol. The molecular weight excluding hydrogens is 338 g/mol. The van der Waals surface area contributed by atoms with Crippen molar-refractivity contribution in [2.75, 3.05) is 5.32 Å². The Morgan fingerprint density at radius 3 is 2.78 bits per heavy atom. The van der Waals surface area contributed by atoms with Crippen molar-refractivity contribution in [3.05, 3.63) is 36.2 Å². The Kier molecular flexibility index (Phi) is 4.76. The number of terminal acetylenes is 1. The largest absolute Gasteiger partial charge is 0.328 e. The predicted molar refractivity (Wildman–Crippen MR) is 104 cm³/mol. The SMILES string of the molecule is C#CCCC1(CCC(=O)Nc2ccc(-c3ncc4n3CCCC4)cc2)N=N1. The summed E-state index contributed by atoms with van der Waals surface area (Å²) >= 11 is 0. The summed E-state index contributed by atoms with van der Waals surface area (Å²) in [6, 6.07) is 7.88. The minimum atomic E-state index is -0.409. The zero-order valence-corrected chi connectivity index (χ0v) is 15.3. The number of fused-ring (bicyclic) bond motifs is 1. The average molecular weight is 361 g/mol. The van der Waals surface area contributed by atoms with Crippen LogP contribution in [-0.2, 0) is 17.8 Å². The van der Waals surface area contributed by atoms with Gasteiger partial charge in [-0.2, -0.15) is 10.2 Å². The fraction of sp³-hybridized carbons (Fsp3) is 0.429. The zero-order chi connectivity index (χ0) is 18.7. The maximum Gasteiger partial charge on any atom is 0.224 e. The number of hydrogen-bond donors (Lipinski definition) is 1. The molecule has 3 heterocycles. The second-order valence-corrected chi connectivity index (χ2v) is 7.19. The standard InChI is InChI=1S/C21H23N5O/c1-2-3-12-21(24-25-21)13-11-19(27)23-17-9-7-16(8-10-17)20-22-15-18-6-4-5-14-26(18)20/h1,7-10,15H,3-6,11-14H2,(H,23,27). The lowest BCUT2D eigenvalue weighted by atomic mass is 10.0. The topological polar surface area (TPSA) is 71.6 Å². The van der Waals surface area contributed by atoms with Crippen LogP contribution in [0, 0.1) is 12.3 Å². The zero-order valence-electron chi connectivity index (χ0n) is 15.3. The Balaban J connectivity index is 1.34. The van der Waals surface area contributed by atoms with Gasteiger partial charge in [-0.15, -0.1) is 12.3 Å². The number of carbonyl (C=O) groups is 1. The van der Waals surface area contributed by atoms with Crippen molar-refractivity contribution >= 4 is 11.6 Å². The lowest BCUT2D eigenvalue weighted by Gasteiger charge is -2.16. The third-order valence-corrected chi connectivity index (χ3v) is 5.23. The van der Waals surface area contributed by atoms with Crippen molar-refractivity contribution in [2.24, 2.45) is 10.2 Å². The van der Waals surface area contributed by atoms with Crippen molar-refractivity contribution in [1.29, 1.82) is 0 Å².